The maximum absolute atomic E-state index is 12.2. The molecule has 0 saturated heterocycles. The van der Waals surface area contributed by atoms with E-state index in [1.165, 1.54) is 0 Å². The number of likely N-dealkylation sites (N-methyl/N-ethyl adjacent to an activating group) is 1. The van der Waals surface area contributed by atoms with Gasteiger partial charge >= 0.3 is 0 Å². The van der Waals surface area contributed by atoms with Crippen LogP contribution in [0.5, 0.6) is 0 Å². The topological polar surface area (TPSA) is 58.4 Å². The maximum atomic E-state index is 12.2. The first-order valence-electron chi connectivity index (χ1n) is 7.41. The minimum atomic E-state index is -0.0806. The van der Waals surface area contributed by atoms with Gasteiger partial charge in [0.15, 0.2) is 0 Å². The fourth-order valence-electron chi connectivity index (χ4n) is 2.63. The van der Waals surface area contributed by atoms with Crippen molar-refractivity contribution in [2.75, 3.05) is 25.0 Å². The maximum Gasteiger partial charge on any atom is 0.238 e. The molecule has 1 amide bonds. The minimum Gasteiger partial charge on any atom is -0.329 e. The number of hydrogen-bond acceptors (Lipinski definition) is 3. The van der Waals surface area contributed by atoms with E-state index in [1.54, 1.807) is 0 Å². The molecule has 0 unspecified atom stereocenters. The van der Waals surface area contributed by atoms with Gasteiger partial charge in [-0.3, -0.25) is 9.69 Å². The summed E-state index contributed by atoms with van der Waals surface area (Å²) in [4.78, 5) is 14.4. The van der Waals surface area contributed by atoms with Gasteiger partial charge in [-0.25, -0.2) is 0 Å². The molecule has 1 aromatic carbocycles. The third-order valence-electron chi connectivity index (χ3n) is 4.14. The van der Waals surface area contributed by atoms with Crippen molar-refractivity contribution in [3.05, 3.63) is 30.3 Å². The zero-order valence-corrected chi connectivity index (χ0v) is 12.9. The van der Waals surface area contributed by atoms with Crippen LogP contribution < -0.4 is 11.1 Å². The van der Waals surface area contributed by atoms with E-state index in [9.17, 15) is 4.79 Å². The highest BCUT2D eigenvalue weighted by molar-refractivity contribution is 5.92. The van der Waals surface area contributed by atoms with Gasteiger partial charge in [0.1, 0.15) is 0 Å². The van der Waals surface area contributed by atoms with Crippen LogP contribution in [-0.4, -0.2) is 36.0 Å². The lowest BCUT2D eigenvalue weighted by molar-refractivity contribution is -0.119. The zero-order valence-electron chi connectivity index (χ0n) is 12.9. The van der Waals surface area contributed by atoms with E-state index in [0.29, 0.717) is 13.1 Å². The number of rotatable bonds is 8. The summed E-state index contributed by atoms with van der Waals surface area (Å²) in [6.07, 6.45) is 1.90. The predicted molar refractivity (Wildman–Crippen MR) is 84.7 cm³/mol. The summed E-state index contributed by atoms with van der Waals surface area (Å²) in [7, 11) is 0. The molecule has 1 rings (SSSR count). The van der Waals surface area contributed by atoms with E-state index in [4.69, 9.17) is 5.73 Å². The summed E-state index contributed by atoms with van der Waals surface area (Å²) < 4.78 is 0. The largest absolute Gasteiger partial charge is 0.329 e. The number of benzene rings is 1. The molecule has 0 spiro atoms. The third kappa shape index (κ3) is 4.05. The first kappa shape index (κ1) is 16.7. The summed E-state index contributed by atoms with van der Waals surface area (Å²) in [6.45, 7) is 8.12. The van der Waals surface area contributed by atoms with E-state index in [2.05, 4.69) is 31.0 Å². The molecule has 4 nitrogen and oxygen atoms in total. The standard InChI is InChI=1S/C16H27N3O/c1-4-16(5-2,13-17)19(6-3)12-15(20)18-14-10-8-7-9-11-14/h7-11H,4-6,12-13,17H2,1-3H3,(H,18,20). The normalized spacial score (nSPS) is 11.7. The van der Waals surface area contributed by atoms with Crippen LogP contribution in [-0.2, 0) is 4.79 Å². The molecule has 0 aliphatic rings. The lowest BCUT2D eigenvalue weighted by atomic mass is 9.90. The number of amides is 1. The molecule has 0 aromatic heterocycles. The predicted octanol–water partition coefficient (Wildman–Crippen LogP) is 2.46. The minimum absolute atomic E-state index is 0.0118. The molecule has 1 aromatic rings. The Kier molecular flexibility index (Phi) is 6.68. The Hall–Kier alpha value is -1.39. The van der Waals surface area contributed by atoms with E-state index >= 15 is 0 Å². The number of nitrogens with two attached hydrogens (primary N) is 1. The van der Waals surface area contributed by atoms with Crippen molar-refractivity contribution >= 4 is 11.6 Å². The Labute approximate surface area is 122 Å². The van der Waals surface area contributed by atoms with Crippen LogP contribution in [0.2, 0.25) is 0 Å². The van der Waals surface area contributed by atoms with Crippen LogP contribution in [0.3, 0.4) is 0 Å². The number of anilines is 1. The van der Waals surface area contributed by atoms with Gasteiger partial charge in [-0.05, 0) is 31.5 Å². The summed E-state index contributed by atoms with van der Waals surface area (Å²) in [6, 6.07) is 9.54. The van der Waals surface area contributed by atoms with Crippen LogP contribution in [0, 0.1) is 0 Å². The lowest BCUT2D eigenvalue weighted by Crippen LogP contribution is -2.55. The van der Waals surface area contributed by atoms with Gasteiger partial charge < -0.3 is 11.1 Å². The molecule has 0 fully saturated rings. The van der Waals surface area contributed by atoms with E-state index in [1.807, 2.05) is 30.3 Å². The van der Waals surface area contributed by atoms with Gasteiger partial charge in [0.25, 0.3) is 0 Å². The number of para-hydroxylation sites is 1. The van der Waals surface area contributed by atoms with Crippen LogP contribution in [0.15, 0.2) is 30.3 Å². The molecule has 0 bridgehead atoms. The highest BCUT2D eigenvalue weighted by Crippen LogP contribution is 2.22. The van der Waals surface area contributed by atoms with Gasteiger partial charge in [0, 0.05) is 17.8 Å². The third-order valence-corrected chi connectivity index (χ3v) is 4.14. The Morgan fingerprint density at radius 3 is 2.25 bits per heavy atom. The molecule has 0 aliphatic carbocycles. The molecule has 0 heterocycles. The highest BCUT2D eigenvalue weighted by Gasteiger charge is 2.32. The van der Waals surface area contributed by atoms with Gasteiger partial charge in [0.05, 0.1) is 6.54 Å². The average Bonchev–Trinajstić information content (AvgIpc) is 2.49. The zero-order chi connectivity index (χ0) is 15.0. The Balaban J connectivity index is 2.70. The van der Waals surface area contributed by atoms with Crippen molar-refractivity contribution < 1.29 is 4.79 Å². The van der Waals surface area contributed by atoms with Crippen LogP contribution in [0.1, 0.15) is 33.6 Å². The van der Waals surface area contributed by atoms with Crippen molar-refractivity contribution in [3.8, 4) is 0 Å². The molecule has 4 heteroatoms. The Bertz CT molecular complexity index is 393. The van der Waals surface area contributed by atoms with Crippen molar-refractivity contribution in [2.45, 2.75) is 39.2 Å². The Morgan fingerprint density at radius 2 is 1.80 bits per heavy atom. The van der Waals surface area contributed by atoms with Gasteiger partial charge in [-0.2, -0.15) is 0 Å². The molecule has 0 saturated carbocycles. The van der Waals surface area contributed by atoms with Gasteiger partial charge in [-0.15, -0.1) is 0 Å². The molecular formula is C16H27N3O. The fourth-order valence-corrected chi connectivity index (χ4v) is 2.63. The van der Waals surface area contributed by atoms with E-state index in [-0.39, 0.29) is 11.4 Å². The fraction of sp³-hybridized carbons (Fsp3) is 0.562. The second-order valence-electron chi connectivity index (χ2n) is 5.06. The van der Waals surface area contributed by atoms with Crippen molar-refractivity contribution in [2.24, 2.45) is 5.73 Å². The first-order chi connectivity index (χ1) is 9.61. The Morgan fingerprint density at radius 1 is 1.20 bits per heavy atom. The van der Waals surface area contributed by atoms with Crippen molar-refractivity contribution in [3.63, 3.8) is 0 Å². The molecule has 20 heavy (non-hydrogen) atoms. The van der Waals surface area contributed by atoms with E-state index in [0.717, 1.165) is 25.1 Å². The smallest absolute Gasteiger partial charge is 0.238 e. The number of carbonyl (C=O) groups is 1. The molecule has 3 N–H and O–H groups in total. The number of nitrogens with zero attached hydrogens (tertiary/aromatic N) is 1. The summed E-state index contributed by atoms with van der Waals surface area (Å²) in [5.41, 5.74) is 6.71. The molecule has 0 aliphatic heterocycles. The molecule has 0 atom stereocenters. The quantitative estimate of drug-likeness (QED) is 0.767. The number of carbonyl (C=O) groups excluding carboxylic acids is 1. The molecule has 0 radical (unpaired) electrons. The van der Waals surface area contributed by atoms with Gasteiger partial charge in [-0.1, -0.05) is 39.0 Å². The van der Waals surface area contributed by atoms with Crippen LogP contribution in [0.4, 0.5) is 5.69 Å². The summed E-state index contributed by atoms with van der Waals surface area (Å²) >= 11 is 0. The van der Waals surface area contributed by atoms with Crippen molar-refractivity contribution in [1.29, 1.82) is 0 Å². The van der Waals surface area contributed by atoms with Gasteiger partial charge in [0.2, 0.25) is 5.91 Å². The second-order valence-corrected chi connectivity index (χ2v) is 5.06. The van der Waals surface area contributed by atoms with E-state index < -0.39 is 0 Å². The SMILES string of the molecule is CCN(CC(=O)Nc1ccccc1)C(CC)(CC)CN. The molecular weight excluding hydrogens is 250 g/mol. The van der Waals surface area contributed by atoms with Crippen molar-refractivity contribution in [1.82, 2.24) is 4.90 Å². The summed E-state index contributed by atoms with van der Waals surface area (Å²) in [5.74, 6) is 0.0118. The summed E-state index contributed by atoms with van der Waals surface area (Å²) in [5, 5.41) is 2.93. The monoisotopic (exact) mass is 277 g/mol. The number of nitrogens with one attached hydrogen (secondary N) is 1. The highest BCUT2D eigenvalue weighted by atomic mass is 16.2. The lowest BCUT2D eigenvalue weighted by Gasteiger charge is -2.41. The average molecular weight is 277 g/mol. The second kappa shape index (κ2) is 8.02. The number of hydrogen-bond donors (Lipinski definition) is 2. The van der Waals surface area contributed by atoms with Crippen LogP contribution in [0.25, 0.3) is 0 Å². The first-order valence-corrected chi connectivity index (χ1v) is 7.41. The molecule has 112 valence electrons. The van der Waals surface area contributed by atoms with Crippen LogP contribution >= 0.6 is 0 Å².